The Balaban J connectivity index is 1.80. The molecule has 0 radical (unpaired) electrons. The van der Waals surface area contributed by atoms with E-state index in [1.807, 2.05) is 0 Å². The summed E-state index contributed by atoms with van der Waals surface area (Å²) in [5, 5.41) is 0. The van der Waals surface area contributed by atoms with E-state index < -0.39 is 6.61 Å². The van der Waals surface area contributed by atoms with Gasteiger partial charge in [0.05, 0.1) is 5.56 Å². The van der Waals surface area contributed by atoms with Crippen molar-refractivity contribution in [3.63, 3.8) is 0 Å². The number of alkyl halides is 2. The third kappa shape index (κ3) is 3.25. The maximum Gasteiger partial charge on any atom is 0.387 e. The first-order valence-corrected chi connectivity index (χ1v) is 8.11. The molecule has 1 atom stereocenters. The summed E-state index contributed by atoms with van der Waals surface area (Å²) < 4.78 is 30.2. The molecule has 0 aliphatic carbocycles. The zero-order chi connectivity index (χ0) is 15.7. The summed E-state index contributed by atoms with van der Waals surface area (Å²) in [7, 11) is 0. The minimum atomic E-state index is -2.94. The first-order valence-electron chi connectivity index (χ1n) is 7.32. The van der Waals surface area contributed by atoms with E-state index in [1.165, 1.54) is 6.07 Å². The Hall–Kier alpha value is -1.21. The number of amides is 1. The highest BCUT2D eigenvalue weighted by molar-refractivity contribution is 9.10. The number of piperazine rings is 1. The summed E-state index contributed by atoms with van der Waals surface area (Å²) in [5.41, 5.74) is 0.182. The summed E-state index contributed by atoms with van der Waals surface area (Å²) in [5.74, 6) is -0.319. The largest absolute Gasteiger partial charge is 0.434 e. The van der Waals surface area contributed by atoms with Gasteiger partial charge < -0.3 is 9.64 Å². The average Bonchev–Trinajstić information content (AvgIpc) is 2.95. The van der Waals surface area contributed by atoms with Crippen LogP contribution in [-0.4, -0.2) is 54.5 Å². The van der Waals surface area contributed by atoms with Gasteiger partial charge in [-0.25, -0.2) is 0 Å². The van der Waals surface area contributed by atoms with Gasteiger partial charge in [0.15, 0.2) is 0 Å². The number of hydrogen-bond donors (Lipinski definition) is 0. The summed E-state index contributed by atoms with van der Waals surface area (Å²) in [4.78, 5) is 16.8. The third-order valence-electron chi connectivity index (χ3n) is 4.26. The molecule has 2 fully saturated rings. The summed E-state index contributed by atoms with van der Waals surface area (Å²) in [6, 6.07) is 4.92. The molecule has 2 heterocycles. The SMILES string of the molecule is O=C(c1cc(Br)ccc1OC(F)F)N1CCN2CCC[C@H]2C1. The minimum Gasteiger partial charge on any atom is -0.434 e. The van der Waals surface area contributed by atoms with E-state index in [4.69, 9.17) is 0 Å². The monoisotopic (exact) mass is 374 g/mol. The topological polar surface area (TPSA) is 32.8 Å². The lowest BCUT2D eigenvalue weighted by Gasteiger charge is -2.37. The maximum atomic E-state index is 12.7. The second-order valence-electron chi connectivity index (χ2n) is 5.60. The molecule has 22 heavy (non-hydrogen) atoms. The molecular formula is C15H17BrF2N2O2. The Morgan fingerprint density at radius 3 is 2.91 bits per heavy atom. The predicted molar refractivity (Wildman–Crippen MR) is 81.3 cm³/mol. The number of hydrogen-bond acceptors (Lipinski definition) is 3. The second kappa shape index (κ2) is 6.50. The molecule has 3 rings (SSSR count). The molecule has 0 bridgehead atoms. The van der Waals surface area contributed by atoms with Crippen LogP contribution >= 0.6 is 15.9 Å². The number of ether oxygens (including phenoxy) is 1. The molecule has 0 spiro atoms. The highest BCUT2D eigenvalue weighted by Crippen LogP contribution is 2.28. The number of fused-ring (bicyclic) bond motifs is 1. The maximum absolute atomic E-state index is 12.7. The fourth-order valence-corrected chi connectivity index (χ4v) is 3.58. The van der Waals surface area contributed by atoms with Gasteiger partial charge in [-0.1, -0.05) is 15.9 Å². The van der Waals surface area contributed by atoms with E-state index in [0.717, 1.165) is 25.9 Å². The van der Waals surface area contributed by atoms with Crippen LogP contribution in [0.3, 0.4) is 0 Å². The van der Waals surface area contributed by atoms with E-state index >= 15 is 0 Å². The summed E-state index contributed by atoms with van der Waals surface area (Å²) >= 11 is 3.28. The number of carbonyl (C=O) groups is 1. The predicted octanol–water partition coefficient (Wildman–Crippen LogP) is 2.97. The van der Waals surface area contributed by atoms with Gasteiger partial charge in [0, 0.05) is 30.1 Å². The Labute approximate surface area is 136 Å². The quantitative estimate of drug-likeness (QED) is 0.815. The first kappa shape index (κ1) is 15.7. The molecule has 0 saturated carbocycles. The van der Waals surface area contributed by atoms with E-state index in [1.54, 1.807) is 17.0 Å². The van der Waals surface area contributed by atoms with Gasteiger partial charge in [0.1, 0.15) is 5.75 Å². The zero-order valence-corrected chi connectivity index (χ0v) is 13.6. The fraction of sp³-hybridized carbons (Fsp3) is 0.533. The van der Waals surface area contributed by atoms with Crippen LogP contribution in [0, 0.1) is 0 Å². The normalized spacial score (nSPS) is 22.0. The molecule has 120 valence electrons. The van der Waals surface area contributed by atoms with E-state index in [9.17, 15) is 13.6 Å². The van der Waals surface area contributed by atoms with Crippen LogP contribution in [0.25, 0.3) is 0 Å². The third-order valence-corrected chi connectivity index (χ3v) is 4.76. The lowest BCUT2D eigenvalue weighted by atomic mass is 10.1. The fourth-order valence-electron chi connectivity index (χ4n) is 3.21. The zero-order valence-electron chi connectivity index (χ0n) is 12.0. The lowest BCUT2D eigenvalue weighted by Crippen LogP contribution is -2.52. The van der Waals surface area contributed by atoms with Crippen LogP contribution in [0.2, 0.25) is 0 Å². The average molecular weight is 375 g/mol. The molecule has 0 N–H and O–H groups in total. The molecule has 0 aromatic heterocycles. The number of rotatable bonds is 3. The second-order valence-corrected chi connectivity index (χ2v) is 6.52. The van der Waals surface area contributed by atoms with Crippen molar-refractivity contribution in [2.24, 2.45) is 0 Å². The van der Waals surface area contributed by atoms with Crippen molar-refractivity contribution in [1.29, 1.82) is 0 Å². The molecule has 1 aromatic rings. The Morgan fingerprint density at radius 2 is 2.14 bits per heavy atom. The number of carbonyl (C=O) groups excluding carboxylic acids is 1. The molecule has 2 saturated heterocycles. The van der Waals surface area contributed by atoms with Crippen LogP contribution in [0.1, 0.15) is 23.2 Å². The van der Waals surface area contributed by atoms with Gasteiger partial charge in [-0.05, 0) is 37.6 Å². The summed E-state index contributed by atoms with van der Waals surface area (Å²) in [6.45, 7) is 0.258. The standard InChI is InChI=1S/C15H17BrF2N2O2/c16-10-3-4-13(22-15(17)18)12(8-10)14(21)20-7-6-19-5-1-2-11(19)9-20/h3-4,8,11,15H,1-2,5-7,9H2/t11-/m0/s1. The molecule has 1 aromatic carbocycles. The Bertz CT molecular complexity index is 570. The summed E-state index contributed by atoms with van der Waals surface area (Å²) in [6.07, 6.45) is 2.24. The number of halogens is 3. The van der Waals surface area contributed by atoms with Gasteiger partial charge >= 0.3 is 6.61 Å². The van der Waals surface area contributed by atoms with Crippen LogP contribution < -0.4 is 4.74 Å². The smallest absolute Gasteiger partial charge is 0.387 e. The van der Waals surface area contributed by atoms with Crippen LogP contribution in [0.5, 0.6) is 5.75 Å². The number of nitrogens with zero attached hydrogens (tertiary/aromatic N) is 2. The van der Waals surface area contributed by atoms with Gasteiger partial charge in [-0.2, -0.15) is 8.78 Å². The van der Waals surface area contributed by atoms with Crippen molar-refractivity contribution in [2.75, 3.05) is 26.2 Å². The van der Waals surface area contributed by atoms with Gasteiger partial charge in [-0.3, -0.25) is 9.69 Å². The van der Waals surface area contributed by atoms with Crippen LogP contribution in [-0.2, 0) is 0 Å². The minimum absolute atomic E-state index is 0.0722. The lowest BCUT2D eigenvalue weighted by molar-refractivity contribution is -0.0503. The van der Waals surface area contributed by atoms with E-state index in [0.29, 0.717) is 23.6 Å². The van der Waals surface area contributed by atoms with Gasteiger partial charge in [0.25, 0.3) is 5.91 Å². The van der Waals surface area contributed by atoms with Crippen molar-refractivity contribution in [3.8, 4) is 5.75 Å². The Kier molecular flexibility index (Phi) is 4.63. The van der Waals surface area contributed by atoms with Gasteiger partial charge in [-0.15, -0.1) is 0 Å². The molecule has 2 aliphatic rings. The van der Waals surface area contributed by atoms with Crippen molar-refractivity contribution in [1.82, 2.24) is 9.80 Å². The van der Waals surface area contributed by atoms with Crippen molar-refractivity contribution in [3.05, 3.63) is 28.2 Å². The van der Waals surface area contributed by atoms with E-state index in [-0.39, 0.29) is 17.2 Å². The molecule has 1 amide bonds. The van der Waals surface area contributed by atoms with Crippen molar-refractivity contribution >= 4 is 21.8 Å². The Morgan fingerprint density at radius 1 is 1.32 bits per heavy atom. The van der Waals surface area contributed by atoms with Crippen molar-refractivity contribution in [2.45, 2.75) is 25.5 Å². The highest BCUT2D eigenvalue weighted by atomic mass is 79.9. The highest BCUT2D eigenvalue weighted by Gasteiger charge is 2.33. The number of benzene rings is 1. The molecule has 0 unspecified atom stereocenters. The molecule has 7 heteroatoms. The first-order chi connectivity index (χ1) is 10.5. The molecular weight excluding hydrogens is 358 g/mol. The van der Waals surface area contributed by atoms with E-state index in [2.05, 4.69) is 25.6 Å². The molecule has 4 nitrogen and oxygen atoms in total. The van der Waals surface area contributed by atoms with Gasteiger partial charge in [0.2, 0.25) is 0 Å². The molecule has 2 aliphatic heterocycles. The van der Waals surface area contributed by atoms with Crippen molar-refractivity contribution < 1.29 is 18.3 Å². The van der Waals surface area contributed by atoms with Crippen LogP contribution in [0.15, 0.2) is 22.7 Å². The van der Waals surface area contributed by atoms with Crippen LogP contribution in [0.4, 0.5) is 8.78 Å².